The fourth-order valence-corrected chi connectivity index (χ4v) is 3.57. The Labute approximate surface area is 90.1 Å². The first-order valence-electron chi connectivity index (χ1n) is 4.38. The number of thiophene rings is 2. The molecule has 2 nitrogen and oxygen atoms in total. The molecular weight excluding hydrogens is 216 g/mol. The van der Waals surface area contributed by atoms with Gasteiger partial charge >= 0.3 is 5.97 Å². The van der Waals surface area contributed by atoms with Crippen molar-refractivity contribution in [1.82, 2.24) is 0 Å². The first-order chi connectivity index (χ1) is 6.70. The van der Waals surface area contributed by atoms with Crippen LogP contribution in [0.3, 0.4) is 0 Å². The molecule has 2 heterocycles. The second kappa shape index (κ2) is 3.71. The fourth-order valence-electron chi connectivity index (χ4n) is 1.27. The van der Waals surface area contributed by atoms with E-state index in [-0.39, 0.29) is 5.97 Å². The Morgan fingerprint density at radius 2 is 2.21 bits per heavy atom. The highest BCUT2D eigenvalue weighted by Crippen LogP contribution is 2.33. The van der Waals surface area contributed by atoms with Crippen LogP contribution in [0.1, 0.15) is 21.5 Å². The van der Waals surface area contributed by atoms with Crippen LogP contribution in [0.2, 0.25) is 0 Å². The van der Waals surface area contributed by atoms with Crippen LogP contribution in [0.25, 0.3) is 9.40 Å². The first kappa shape index (κ1) is 9.68. The summed E-state index contributed by atoms with van der Waals surface area (Å²) in [6, 6.07) is 4.00. The molecule has 74 valence electrons. The van der Waals surface area contributed by atoms with Crippen LogP contribution >= 0.6 is 22.7 Å². The predicted octanol–water partition coefficient (Wildman–Crippen LogP) is 3.45. The minimum absolute atomic E-state index is 0.210. The van der Waals surface area contributed by atoms with Gasteiger partial charge in [0.25, 0.3) is 0 Å². The molecule has 0 fully saturated rings. The lowest BCUT2D eigenvalue weighted by atomic mass is 10.3. The van der Waals surface area contributed by atoms with E-state index in [2.05, 4.69) is 13.0 Å². The quantitative estimate of drug-likeness (QED) is 0.733. The van der Waals surface area contributed by atoms with Crippen molar-refractivity contribution < 1.29 is 9.53 Å². The van der Waals surface area contributed by atoms with E-state index in [0.717, 1.165) is 5.39 Å². The zero-order valence-electron chi connectivity index (χ0n) is 7.99. The van der Waals surface area contributed by atoms with Gasteiger partial charge in [0.05, 0.1) is 10.6 Å². The smallest absolute Gasteiger partial charge is 0.348 e. The third-order valence-electron chi connectivity index (χ3n) is 1.81. The molecule has 14 heavy (non-hydrogen) atoms. The third kappa shape index (κ3) is 1.67. The number of ether oxygens (including phenoxy) is 1. The van der Waals surface area contributed by atoms with Crippen molar-refractivity contribution in [2.45, 2.75) is 13.8 Å². The summed E-state index contributed by atoms with van der Waals surface area (Å²) in [5.41, 5.74) is 0. The highest BCUT2D eigenvalue weighted by molar-refractivity contribution is 7.39. The Morgan fingerprint density at radius 1 is 1.43 bits per heavy atom. The lowest BCUT2D eigenvalue weighted by molar-refractivity contribution is 0.0532. The third-order valence-corrected chi connectivity index (χ3v) is 4.10. The number of esters is 1. The van der Waals surface area contributed by atoms with E-state index in [1.54, 1.807) is 11.3 Å². The molecule has 0 aliphatic heterocycles. The van der Waals surface area contributed by atoms with Crippen LogP contribution in [0.4, 0.5) is 0 Å². The maximum Gasteiger partial charge on any atom is 0.348 e. The van der Waals surface area contributed by atoms with Crippen molar-refractivity contribution in [3.8, 4) is 0 Å². The van der Waals surface area contributed by atoms with Gasteiger partial charge in [-0.1, -0.05) is 0 Å². The van der Waals surface area contributed by atoms with Crippen LogP contribution < -0.4 is 0 Å². The van der Waals surface area contributed by atoms with Crippen molar-refractivity contribution in [1.29, 1.82) is 0 Å². The standard InChI is InChI=1S/C10H10O2S2/c1-3-12-9(11)8-5-7-4-6(2)13-10(7)14-8/h4-5H,3H2,1-2H3. The van der Waals surface area contributed by atoms with Crippen LogP contribution in [0, 0.1) is 6.92 Å². The maximum absolute atomic E-state index is 11.4. The van der Waals surface area contributed by atoms with Gasteiger partial charge in [0, 0.05) is 10.3 Å². The molecule has 2 aromatic rings. The Morgan fingerprint density at radius 3 is 2.86 bits per heavy atom. The lowest BCUT2D eigenvalue weighted by Crippen LogP contribution is -2.01. The molecule has 2 rings (SSSR count). The molecule has 0 aliphatic rings. The van der Waals surface area contributed by atoms with E-state index in [9.17, 15) is 4.79 Å². The van der Waals surface area contributed by atoms with Crippen molar-refractivity contribution in [2.75, 3.05) is 6.61 Å². The second-order valence-electron chi connectivity index (χ2n) is 2.93. The van der Waals surface area contributed by atoms with Crippen molar-refractivity contribution in [3.05, 3.63) is 21.9 Å². The summed E-state index contributed by atoms with van der Waals surface area (Å²) in [6.45, 7) is 4.32. The summed E-state index contributed by atoms with van der Waals surface area (Å²) in [7, 11) is 0. The molecule has 0 atom stereocenters. The monoisotopic (exact) mass is 226 g/mol. The van der Waals surface area contributed by atoms with Gasteiger partial charge in [-0.3, -0.25) is 0 Å². The topological polar surface area (TPSA) is 26.3 Å². The summed E-state index contributed by atoms with van der Waals surface area (Å²) < 4.78 is 6.13. The summed E-state index contributed by atoms with van der Waals surface area (Å²) in [6.07, 6.45) is 0. The molecule has 0 unspecified atom stereocenters. The van der Waals surface area contributed by atoms with Gasteiger partial charge in [-0.25, -0.2) is 4.79 Å². The average Bonchev–Trinajstić information content (AvgIpc) is 2.61. The largest absolute Gasteiger partial charge is 0.462 e. The van der Waals surface area contributed by atoms with Gasteiger partial charge in [0.2, 0.25) is 0 Å². The van der Waals surface area contributed by atoms with Crippen LogP contribution in [0.15, 0.2) is 12.1 Å². The molecule has 2 aromatic heterocycles. The number of carbonyl (C=O) groups is 1. The number of hydrogen-bond acceptors (Lipinski definition) is 4. The zero-order chi connectivity index (χ0) is 10.1. The van der Waals surface area contributed by atoms with Gasteiger partial charge in [0.1, 0.15) is 4.88 Å². The number of hydrogen-bond donors (Lipinski definition) is 0. The number of fused-ring (bicyclic) bond motifs is 1. The minimum Gasteiger partial charge on any atom is -0.462 e. The average molecular weight is 226 g/mol. The number of aryl methyl sites for hydroxylation is 1. The Bertz CT molecular complexity index is 436. The molecule has 0 radical (unpaired) electrons. The molecule has 4 heteroatoms. The van der Waals surface area contributed by atoms with Crippen LogP contribution in [0.5, 0.6) is 0 Å². The van der Waals surface area contributed by atoms with E-state index in [0.29, 0.717) is 11.5 Å². The number of carbonyl (C=O) groups excluding carboxylic acids is 1. The van der Waals surface area contributed by atoms with Gasteiger partial charge in [-0.15, -0.1) is 22.7 Å². The van der Waals surface area contributed by atoms with Crippen LogP contribution in [-0.2, 0) is 4.74 Å². The van der Waals surface area contributed by atoms with Crippen LogP contribution in [-0.4, -0.2) is 12.6 Å². The van der Waals surface area contributed by atoms with Crippen molar-refractivity contribution in [2.24, 2.45) is 0 Å². The Balaban J connectivity index is 2.36. The molecule has 0 N–H and O–H groups in total. The minimum atomic E-state index is -0.210. The number of rotatable bonds is 2. The van der Waals surface area contributed by atoms with E-state index in [4.69, 9.17) is 4.74 Å². The van der Waals surface area contributed by atoms with E-state index in [1.807, 2.05) is 13.0 Å². The van der Waals surface area contributed by atoms with E-state index >= 15 is 0 Å². The lowest BCUT2D eigenvalue weighted by Gasteiger charge is -1.96. The van der Waals surface area contributed by atoms with Gasteiger partial charge in [0.15, 0.2) is 0 Å². The summed E-state index contributed by atoms with van der Waals surface area (Å²) in [5, 5.41) is 1.15. The van der Waals surface area contributed by atoms with E-state index < -0.39 is 0 Å². The molecule has 0 saturated carbocycles. The predicted molar refractivity (Wildman–Crippen MR) is 60.4 cm³/mol. The zero-order valence-corrected chi connectivity index (χ0v) is 9.63. The molecule has 0 saturated heterocycles. The fraction of sp³-hybridized carbons (Fsp3) is 0.300. The highest BCUT2D eigenvalue weighted by atomic mass is 32.2. The molecular formula is C10H10O2S2. The molecule has 0 aliphatic carbocycles. The van der Waals surface area contributed by atoms with Gasteiger partial charge in [-0.05, 0) is 26.0 Å². The summed E-state index contributed by atoms with van der Waals surface area (Å²) in [4.78, 5) is 13.4. The summed E-state index contributed by atoms with van der Waals surface area (Å²) in [5.74, 6) is -0.210. The van der Waals surface area contributed by atoms with Crippen molar-refractivity contribution in [3.63, 3.8) is 0 Å². The highest BCUT2D eigenvalue weighted by Gasteiger charge is 2.12. The SMILES string of the molecule is CCOC(=O)c1cc2cc(C)sc2s1. The Kier molecular flexibility index (Phi) is 2.56. The molecule has 0 aromatic carbocycles. The van der Waals surface area contributed by atoms with E-state index in [1.165, 1.54) is 20.2 Å². The molecule has 0 bridgehead atoms. The Hall–Kier alpha value is -0.870. The molecule has 0 spiro atoms. The van der Waals surface area contributed by atoms with Crippen molar-refractivity contribution >= 4 is 38.0 Å². The molecule has 0 amide bonds. The maximum atomic E-state index is 11.4. The van der Waals surface area contributed by atoms with Gasteiger partial charge in [-0.2, -0.15) is 0 Å². The second-order valence-corrected chi connectivity index (χ2v) is 5.50. The normalized spacial score (nSPS) is 10.7. The first-order valence-corrected chi connectivity index (χ1v) is 6.01. The summed E-state index contributed by atoms with van der Waals surface area (Å²) >= 11 is 3.23. The van der Waals surface area contributed by atoms with Gasteiger partial charge < -0.3 is 4.74 Å².